The number of amides is 1. The Balaban J connectivity index is 2.08. The molecular weight excluding hydrogens is 378 g/mol. The fraction of sp³-hybridized carbons (Fsp3) is 0.412. The zero-order valence-electron chi connectivity index (χ0n) is 15.1. The fourth-order valence-corrected chi connectivity index (χ4v) is 3.33. The van der Waals surface area contributed by atoms with E-state index in [2.05, 4.69) is 5.32 Å². The minimum Gasteiger partial charge on any atom is -0.493 e. The lowest BCUT2D eigenvalue weighted by molar-refractivity contribution is -0.148. The molecule has 1 amide bonds. The maximum atomic E-state index is 12.2. The van der Waals surface area contributed by atoms with Gasteiger partial charge in [-0.3, -0.25) is 9.59 Å². The molecule has 0 radical (unpaired) electrons. The summed E-state index contributed by atoms with van der Waals surface area (Å²) in [7, 11) is 0. The molecule has 1 aliphatic heterocycles. The van der Waals surface area contributed by atoms with E-state index in [1.54, 1.807) is 13.8 Å². The monoisotopic (exact) mass is 397 g/mol. The number of esters is 2. The van der Waals surface area contributed by atoms with Gasteiger partial charge in [-0.25, -0.2) is 9.59 Å². The Morgan fingerprint density at radius 1 is 1.19 bits per heavy atom. The molecule has 0 bridgehead atoms. The second-order valence-electron chi connectivity index (χ2n) is 5.36. The number of hydrogen-bond donors (Lipinski definition) is 1. The number of anilines is 1. The number of Topliss-reactive ketones (excluding diaryl/α,β-unsaturated/α-hetero) is 1. The Hall–Kier alpha value is -2.88. The number of carbonyl (C=O) groups excluding carboxylic acids is 4. The van der Waals surface area contributed by atoms with Crippen LogP contribution in [0.4, 0.5) is 5.00 Å². The molecule has 2 rings (SSSR count). The lowest BCUT2D eigenvalue weighted by atomic mass is 10.1. The minimum atomic E-state index is -0.845. The van der Waals surface area contributed by atoms with Gasteiger partial charge in [-0.05, 0) is 26.3 Å². The van der Waals surface area contributed by atoms with Gasteiger partial charge in [0, 0.05) is 0 Å². The number of ketones is 1. The van der Waals surface area contributed by atoms with Gasteiger partial charge in [-0.1, -0.05) is 0 Å². The van der Waals surface area contributed by atoms with Crippen LogP contribution in [0.1, 0.15) is 39.4 Å². The average molecular weight is 397 g/mol. The highest BCUT2D eigenvalue weighted by Crippen LogP contribution is 2.34. The summed E-state index contributed by atoms with van der Waals surface area (Å²) in [5.74, 6) is -2.54. The molecular formula is C17H19NO8S. The van der Waals surface area contributed by atoms with Gasteiger partial charge in [0.05, 0.1) is 17.0 Å². The maximum absolute atomic E-state index is 12.2. The van der Waals surface area contributed by atoms with Crippen molar-refractivity contribution in [1.82, 2.24) is 0 Å². The van der Waals surface area contributed by atoms with Crippen LogP contribution in [-0.4, -0.2) is 50.1 Å². The second kappa shape index (κ2) is 9.17. The van der Waals surface area contributed by atoms with Gasteiger partial charge in [0.15, 0.2) is 12.4 Å². The molecule has 0 aliphatic carbocycles. The van der Waals surface area contributed by atoms with Crippen LogP contribution in [0.15, 0.2) is 12.0 Å². The van der Waals surface area contributed by atoms with E-state index < -0.39 is 24.5 Å². The Bertz CT molecular complexity index is 795. The summed E-state index contributed by atoms with van der Waals surface area (Å²) in [6.45, 7) is 4.68. The number of rotatable bonds is 7. The SMILES string of the molecule is CCOC(=O)c1c(NC(=O)COC(=O)C2=COCCO2)sc(C(C)=O)c1C. The fourth-order valence-electron chi connectivity index (χ4n) is 2.23. The van der Waals surface area contributed by atoms with Gasteiger partial charge in [0.25, 0.3) is 5.91 Å². The Morgan fingerprint density at radius 3 is 2.52 bits per heavy atom. The minimum absolute atomic E-state index is 0.110. The van der Waals surface area contributed by atoms with Crippen LogP contribution >= 0.6 is 11.3 Å². The zero-order chi connectivity index (χ0) is 20.0. The first-order chi connectivity index (χ1) is 12.8. The summed E-state index contributed by atoms with van der Waals surface area (Å²) in [5, 5.41) is 2.64. The highest BCUT2D eigenvalue weighted by Gasteiger charge is 2.26. The van der Waals surface area contributed by atoms with Crippen LogP contribution in [-0.2, 0) is 28.5 Å². The third-order valence-corrected chi connectivity index (χ3v) is 4.69. The van der Waals surface area contributed by atoms with Gasteiger partial charge >= 0.3 is 11.9 Å². The van der Waals surface area contributed by atoms with E-state index in [1.807, 2.05) is 0 Å². The van der Waals surface area contributed by atoms with Crippen molar-refractivity contribution in [3.05, 3.63) is 28.0 Å². The topological polar surface area (TPSA) is 117 Å². The van der Waals surface area contributed by atoms with E-state index in [1.165, 1.54) is 6.92 Å². The van der Waals surface area contributed by atoms with E-state index in [4.69, 9.17) is 18.9 Å². The summed E-state index contributed by atoms with van der Waals surface area (Å²) >= 11 is 0.960. The van der Waals surface area contributed by atoms with Crippen LogP contribution in [0.2, 0.25) is 0 Å². The molecule has 1 aromatic rings. The van der Waals surface area contributed by atoms with Crippen molar-refractivity contribution < 1.29 is 38.1 Å². The molecule has 1 aromatic heterocycles. The number of ether oxygens (including phenoxy) is 4. The van der Waals surface area contributed by atoms with Gasteiger partial charge in [-0.15, -0.1) is 11.3 Å². The Kier molecular flexibility index (Phi) is 6.94. The van der Waals surface area contributed by atoms with E-state index in [-0.39, 0.29) is 35.3 Å². The molecule has 10 heteroatoms. The molecule has 9 nitrogen and oxygen atoms in total. The summed E-state index contributed by atoms with van der Waals surface area (Å²) in [6, 6.07) is 0. The zero-order valence-corrected chi connectivity index (χ0v) is 15.9. The number of nitrogens with one attached hydrogen (secondary N) is 1. The van der Waals surface area contributed by atoms with Crippen molar-refractivity contribution in [3.8, 4) is 0 Å². The van der Waals surface area contributed by atoms with Crippen LogP contribution in [0.25, 0.3) is 0 Å². The Labute approximate surface area is 159 Å². The molecule has 0 aromatic carbocycles. The van der Waals surface area contributed by atoms with Crippen molar-refractivity contribution in [2.24, 2.45) is 0 Å². The summed E-state index contributed by atoms with van der Waals surface area (Å²) in [6.07, 6.45) is 1.12. The molecule has 0 unspecified atom stereocenters. The van der Waals surface area contributed by atoms with Gasteiger partial charge in [-0.2, -0.15) is 0 Å². The summed E-state index contributed by atoms with van der Waals surface area (Å²) in [4.78, 5) is 48.1. The molecule has 146 valence electrons. The third-order valence-electron chi connectivity index (χ3n) is 3.38. The van der Waals surface area contributed by atoms with E-state index >= 15 is 0 Å². The highest BCUT2D eigenvalue weighted by molar-refractivity contribution is 7.18. The van der Waals surface area contributed by atoms with E-state index in [0.29, 0.717) is 17.0 Å². The third kappa shape index (κ3) is 5.07. The van der Waals surface area contributed by atoms with Crippen molar-refractivity contribution in [2.45, 2.75) is 20.8 Å². The van der Waals surface area contributed by atoms with Gasteiger partial charge in [0.2, 0.25) is 5.76 Å². The summed E-state index contributed by atoms with van der Waals surface area (Å²) in [5.41, 5.74) is 0.537. The highest BCUT2D eigenvalue weighted by atomic mass is 32.1. The molecule has 0 atom stereocenters. The number of hydrogen-bond acceptors (Lipinski definition) is 9. The first-order valence-corrected chi connectivity index (χ1v) is 8.89. The molecule has 1 aliphatic rings. The van der Waals surface area contributed by atoms with Gasteiger partial charge < -0.3 is 24.3 Å². The number of carbonyl (C=O) groups is 4. The smallest absolute Gasteiger partial charge is 0.377 e. The predicted octanol–water partition coefficient (Wildman–Crippen LogP) is 1.81. The van der Waals surface area contributed by atoms with Crippen LogP contribution in [0, 0.1) is 6.92 Å². The molecule has 0 saturated carbocycles. The first kappa shape index (κ1) is 20.4. The second-order valence-corrected chi connectivity index (χ2v) is 6.38. The molecule has 0 spiro atoms. The van der Waals surface area contributed by atoms with Crippen molar-refractivity contribution in [2.75, 3.05) is 31.7 Å². The van der Waals surface area contributed by atoms with Gasteiger partial charge in [0.1, 0.15) is 24.5 Å². The largest absolute Gasteiger partial charge is 0.493 e. The standard InChI is InChI=1S/C17H19NO8S/c1-4-24-17(22)13-9(2)14(10(3)19)27-15(13)18-12(20)8-26-16(21)11-7-23-5-6-25-11/h7H,4-6,8H2,1-3H3,(H,18,20). The average Bonchev–Trinajstić information content (AvgIpc) is 2.97. The van der Waals surface area contributed by atoms with Crippen LogP contribution in [0.3, 0.4) is 0 Å². The molecule has 0 saturated heterocycles. The van der Waals surface area contributed by atoms with Crippen molar-refractivity contribution >= 4 is 40.0 Å². The molecule has 0 fully saturated rings. The molecule has 27 heavy (non-hydrogen) atoms. The van der Waals surface area contributed by atoms with Crippen molar-refractivity contribution in [1.29, 1.82) is 0 Å². The maximum Gasteiger partial charge on any atom is 0.377 e. The molecule has 2 heterocycles. The normalized spacial score (nSPS) is 12.9. The first-order valence-electron chi connectivity index (χ1n) is 8.08. The van der Waals surface area contributed by atoms with Crippen molar-refractivity contribution in [3.63, 3.8) is 0 Å². The van der Waals surface area contributed by atoms with E-state index in [9.17, 15) is 19.2 Å². The number of thiophene rings is 1. The van der Waals surface area contributed by atoms with E-state index in [0.717, 1.165) is 17.6 Å². The Morgan fingerprint density at radius 2 is 1.93 bits per heavy atom. The lowest BCUT2D eigenvalue weighted by Crippen LogP contribution is -2.24. The predicted molar refractivity (Wildman–Crippen MR) is 94.6 cm³/mol. The summed E-state index contributed by atoms with van der Waals surface area (Å²) < 4.78 is 19.8. The van der Waals surface area contributed by atoms with Crippen LogP contribution in [0.5, 0.6) is 0 Å². The lowest BCUT2D eigenvalue weighted by Gasteiger charge is -2.14. The quantitative estimate of drug-likeness (QED) is 0.547. The molecule has 1 N–H and O–H groups in total. The van der Waals surface area contributed by atoms with Crippen LogP contribution < -0.4 is 5.32 Å².